The van der Waals surface area contributed by atoms with Gasteiger partial charge in [-0.25, -0.2) is 14.4 Å². The molecule has 9 heteroatoms. The van der Waals surface area contributed by atoms with Gasteiger partial charge < -0.3 is 4.98 Å². The maximum Gasteiger partial charge on any atom is 0.280 e. The van der Waals surface area contributed by atoms with Crippen molar-refractivity contribution in [2.45, 2.75) is 26.4 Å². The molecule has 0 atom stereocenters. The minimum atomic E-state index is -0.317. The van der Waals surface area contributed by atoms with E-state index in [-0.39, 0.29) is 11.4 Å². The fourth-order valence-electron chi connectivity index (χ4n) is 3.50. The average Bonchev–Trinajstić information content (AvgIpc) is 3.49. The van der Waals surface area contributed by atoms with Crippen molar-refractivity contribution in [1.82, 2.24) is 33.7 Å². The van der Waals surface area contributed by atoms with Crippen molar-refractivity contribution in [2.75, 3.05) is 0 Å². The van der Waals surface area contributed by atoms with Gasteiger partial charge in [0, 0.05) is 30.7 Å². The van der Waals surface area contributed by atoms with Gasteiger partial charge in [0.1, 0.15) is 18.2 Å². The van der Waals surface area contributed by atoms with Crippen LogP contribution in [0.3, 0.4) is 0 Å². The first kappa shape index (κ1) is 18.8. The second kappa shape index (κ2) is 7.57. The second-order valence-electron chi connectivity index (χ2n) is 7.08. The summed E-state index contributed by atoms with van der Waals surface area (Å²) >= 11 is 0. The van der Waals surface area contributed by atoms with Crippen LogP contribution in [-0.2, 0) is 13.1 Å². The van der Waals surface area contributed by atoms with Gasteiger partial charge in [0.2, 0.25) is 5.78 Å². The number of aryl methyl sites for hydroxylation is 1. The molecular weight excluding hydrogens is 397 g/mol. The number of halogens is 1. The first-order valence-corrected chi connectivity index (χ1v) is 9.87. The number of hydrogen-bond acceptors (Lipinski definition) is 4. The Morgan fingerprint density at radius 3 is 3.03 bits per heavy atom. The molecule has 0 aliphatic carbocycles. The van der Waals surface area contributed by atoms with Gasteiger partial charge in [0.15, 0.2) is 11.2 Å². The summed E-state index contributed by atoms with van der Waals surface area (Å²) in [5.41, 5.74) is 2.14. The van der Waals surface area contributed by atoms with Crippen LogP contribution in [-0.4, -0.2) is 33.7 Å². The van der Waals surface area contributed by atoms with E-state index in [9.17, 15) is 9.18 Å². The molecule has 1 aromatic carbocycles. The van der Waals surface area contributed by atoms with Crippen LogP contribution in [0.2, 0.25) is 0 Å². The predicted octanol–water partition coefficient (Wildman–Crippen LogP) is 2.84. The SMILES string of the molecule is CCCn1c(=O)c2[nH]c(-c3cnn(CC#Cc4cccc(F)c4)c3)nc2n2ccnc12. The Morgan fingerprint density at radius 1 is 1.29 bits per heavy atom. The number of nitrogens with zero attached hydrogens (tertiary/aromatic N) is 6. The molecule has 4 aromatic heterocycles. The maximum absolute atomic E-state index is 13.2. The van der Waals surface area contributed by atoms with Crippen LogP contribution in [0.25, 0.3) is 28.3 Å². The number of benzene rings is 1. The minimum absolute atomic E-state index is 0.150. The summed E-state index contributed by atoms with van der Waals surface area (Å²) in [4.78, 5) is 25.0. The summed E-state index contributed by atoms with van der Waals surface area (Å²) in [7, 11) is 0. The molecule has 4 heterocycles. The highest BCUT2D eigenvalue weighted by atomic mass is 19.1. The van der Waals surface area contributed by atoms with Crippen LogP contribution < -0.4 is 5.56 Å². The van der Waals surface area contributed by atoms with E-state index in [0.29, 0.717) is 41.4 Å². The molecule has 0 saturated heterocycles. The van der Waals surface area contributed by atoms with Crippen LogP contribution >= 0.6 is 0 Å². The van der Waals surface area contributed by atoms with E-state index in [0.717, 1.165) is 12.0 Å². The first-order chi connectivity index (χ1) is 15.1. The van der Waals surface area contributed by atoms with Gasteiger partial charge in [0.05, 0.1) is 11.8 Å². The third-order valence-corrected chi connectivity index (χ3v) is 4.89. The lowest BCUT2D eigenvalue weighted by Gasteiger charge is -2.05. The van der Waals surface area contributed by atoms with E-state index in [1.165, 1.54) is 12.1 Å². The van der Waals surface area contributed by atoms with Crippen molar-refractivity contribution >= 4 is 16.9 Å². The molecule has 0 spiro atoms. The molecule has 5 aromatic rings. The summed E-state index contributed by atoms with van der Waals surface area (Å²) in [6.45, 7) is 2.93. The van der Waals surface area contributed by atoms with E-state index < -0.39 is 0 Å². The zero-order valence-electron chi connectivity index (χ0n) is 16.7. The summed E-state index contributed by atoms with van der Waals surface area (Å²) in [6, 6.07) is 6.14. The standard InChI is InChI=1S/C22H18FN7O/c1-2-9-30-21(31)18-20(29-11-8-24-22(29)30)27-19(26-18)16-13-25-28(14-16)10-4-6-15-5-3-7-17(23)12-15/h3,5,7-8,11-14H,2,9-10H2,1H3,(H,26,27). The third kappa shape index (κ3) is 3.38. The van der Waals surface area contributed by atoms with E-state index in [4.69, 9.17) is 0 Å². The summed E-state index contributed by atoms with van der Waals surface area (Å²) in [6.07, 6.45) is 7.73. The van der Waals surface area contributed by atoms with Crippen molar-refractivity contribution < 1.29 is 4.39 Å². The maximum atomic E-state index is 13.2. The monoisotopic (exact) mass is 415 g/mol. The Kier molecular flexibility index (Phi) is 4.59. The van der Waals surface area contributed by atoms with Gasteiger partial charge in [-0.15, -0.1) is 0 Å². The number of rotatable bonds is 4. The fraction of sp³-hybridized carbons (Fsp3) is 0.182. The Morgan fingerprint density at radius 2 is 2.19 bits per heavy atom. The highest BCUT2D eigenvalue weighted by Crippen LogP contribution is 2.19. The van der Waals surface area contributed by atoms with Crippen molar-refractivity contribution in [3.05, 3.63) is 70.8 Å². The van der Waals surface area contributed by atoms with Crippen molar-refractivity contribution in [2.24, 2.45) is 0 Å². The molecule has 0 fully saturated rings. The quantitative estimate of drug-likeness (QED) is 0.458. The van der Waals surface area contributed by atoms with Gasteiger partial charge in [0.25, 0.3) is 5.56 Å². The molecule has 1 N–H and O–H groups in total. The van der Waals surface area contributed by atoms with Crippen LogP contribution in [0.1, 0.15) is 18.9 Å². The van der Waals surface area contributed by atoms with Crippen molar-refractivity contribution in [1.29, 1.82) is 0 Å². The van der Waals surface area contributed by atoms with Gasteiger partial charge in [-0.3, -0.25) is 18.4 Å². The molecule has 0 amide bonds. The lowest BCUT2D eigenvalue weighted by atomic mass is 10.2. The van der Waals surface area contributed by atoms with Gasteiger partial charge in [-0.05, 0) is 24.6 Å². The number of aromatic amines is 1. The van der Waals surface area contributed by atoms with Crippen LogP contribution in [0.5, 0.6) is 0 Å². The highest BCUT2D eigenvalue weighted by Gasteiger charge is 2.16. The molecule has 8 nitrogen and oxygen atoms in total. The van der Waals surface area contributed by atoms with E-state index in [1.807, 2.05) is 6.92 Å². The van der Waals surface area contributed by atoms with Gasteiger partial charge in [-0.1, -0.05) is 24.8 Å². The average molecular weight is 415 g/mol. The lowest BCUT2D eigenvalue weighted by Crippen LogP contribution is -2.23. The van der Waals surface area contributed by atoms with Crippen molar-refractivity contribution in [3.8, 4) is 23.2 Å². The Balaban J connectivity index is 1.48. The fourth-order valence-corrected chi connectivity index (χ4v) is 3.50. The zero-order chi connectivity index (χ0) is 21.4. The normalized spacial score (nSPS) is 11.2. The Labute approximate surface area is 176 Å². The molecular formula is C22H18FN7O. The van der Waals surface area contributed by atoms with Crippen LogP contribution in [0.4, 0.5) is 4.39 Å². The number of hydrogen-bond donors (Lipinski definition) is 1. The molecule has 31 heavy (non-hydrogen) atoms. The molecule has 5 rings (SSSR count). The second-order valence-corrected chi connectivity index (χ2v) is 7.08. The zero-order valence-corrected chi connectivity index (χ0v) is 16.7. The molecule has 0 bridgehead atoms. The molecule has 0 aliphatic rings. The number of imidazole rings is 2. The first-order valence-electron chi connectivity index (χ1n) is 9.87. The largest absolute Gasteiger partial charge is 0.332 e. The number of nitrogens with one attached hydrogen (secondary N) is 1. The topological polar surface area (TPSA) is 85.8 Å². The van der Waals surface area contributed by atoms with Gasteiger partial charge >= 0.3 is 0 Å². The molecule has 0 saturated carbocycles. The number of aromatic nitrogens is 7. The van der Waals surface area contributed by atoms with Crippen LogP contribution in [0, 0.1) is 17.7 Å². The third-order valence-electron chi connectivity index (χ3n) is 4.89. The van der Waals surface area contributed by atoms with E-state index in [1.54, 1.807) is 50.6 Å². The van der Waals surface area contributed by atoms with Crippen LogP contribution in [0.15, 0.2) is 53.8 Å². The summed E-state index contributed by atoms with van der Waals surface area (Å²) in [5, 5.41) is 4.31. The Hall–Kier alpha value is -4.19. The molecule has 0 radical (unpaired) electrons. The highest BCUT2D eigenvalue weighted by molar-refractivity contribution is 5.77. The smallest absolute Gasteiger partial charge is 0.280 e. The van der Waals surface area contributed by atoms with Crippen molar-refractivity contribution in [3.63, 3.8) is 0 Å². The molecule has 154 valence electrons. The number of H-pyrrole nitrogens is 1. The molecule has 0 unspecified atom stereocenters. The summed E-state index contributed by atoms with van der Waals surface area (Å²) in [5.74, 6) is 6.69. The van der Waals surface area contributed by atoms with Gasteiger partial charge in [-0.2, -0.15) is 5.10 Å². The minimum Gasteiger partial charge on any atom is -0.332 e. The Bertz CT molecular complexity index is 1530. The predicted molar refractivity (Wildman–Crippen MR) is 114 cm³/mol. The summed E-state index contributed by atoms with van der Waals surface area (Å²) < 4.78 is 18.4. The molecule has 0 aliphatic heterocycles. The van der Waals surface area contributed by atoms with E-state index >= 15 is 0 Å². The number of fused-ring (bicyclic) bond motifs is 3. The lowest BCUT2D eigenvalue weighted by molar-refractivity contribution is 0.627. The van der Waals surface area contributed by atoms with E-state index in [2.05, 4.69) is 31.9 Å².